The lowest BCUT2D eigenvalue weighted by molar-refractivity contribution is 0.0530. The molecule has 17 heavy (non-hydrogen) atoms. The molecule has 1 saturated heterocycles. The molecular weight excluding hydrogens is 284 g/mol. The lowest BCUT2D eigenvalue weighted by Crippen LogP contribution is -2.51. The van der Waals surface area contributed by atoms with Crippen LogP contribution in [0.5, 0.6) is 0 Å². The molecule has 94 valence electrons. The fraction of sp³-hybridized carbons (Fsp3) is 0.583. The van der Waals surface area contributed by atoms with Crippen molar-refractivity contribution >= 4 is 21.8 Å². The maximum atomic E-state index is 12.4. The number of amides is 1. The summed E-state index contributed by atoms with van der Waals surface area (Å²) in [4.78, 5) is 14.3. The zero-order valence-corrected chi connectivity index (χ0v) is 11.4. The number of hydrogen-bond acceptors (Lipinski definition) is 3. The summed E-state index contributed by atoms with van der Waals surface area (Å²) in [6, 6.07) is 1.83. The van der Waals surface area contributed by atoms with Gasteiger partial charge in [0, 0.05) is 19.1 Å². The number of nitrogens with two attached hydrogens (primary N) is 1. The van der Waals surface area contributed by atoms with Crippen LogP contribution in [0.3, 0.4) is 0 Å². The molecule has 2 rings (SSSR count). The Morgan fingerprint density at radius 3 is 3.06 bits per heavy atom. The van der Waals surface area contributed by atoms with Crippen LogP contribution >= 0.6 is 15.9 Å². The van der Waals surface area contributed by atoms with Crippen molar-refractivity contribution in [2.75, 3.05) is 13.1 Å². The first-order valence-corrected chi connectivity index (χ1v) is 6.68. The zero-order chi connectivity index (χ0) is 12.4. The fourth-order valence-corrected chi connectivity index (χ4v) is 2.87. The molecule has 0 aliphatic carbocycles. The summed E-state index contributed by atoms with van der Waals surface area (Å²) in [5, 5.41) is 0. The molecule has 0 radical (unpaired) electrons. The number of furan rings is 1. The normalized spacial score (nSPS) is 25.0. The second-order valence-electron chi connectivity index (χ2n) is 4.53. The molecule has 2 atom stereocenters. The van der Waals surface area contributed by atoms with Crippen molar-refractivity contribution in [3.63, 3.8) is 0 Å². The molecule has 0 aromatic carbocycles. The molecular formula is C12H17BrN2O2. The molecule has 1 fully saturated rings. The van der Waals surface area contributed by atoms with E-state index in [1.807, 2.05) is 4.90 Å². The number of likely N-dealkylation sites (tertiary alicyclic amines) is 1. The first-order valence-electron chi connectivity index (χ1n) is 5.89. The van der Waals surface area contributed by atoms with Gasteiger partial charge in [0.25, 0.3) is 5.91 Å². The summed E-state index contributed by atoms with van der Waals surface area (Å²) < 4.78 is 5.61. The Balaban J connectivity index is 2.21. The standard InChI is InChI=1S/C12H17BrN2O2/c1-8-3-2-5-15(10(8)7-14)12(16)9-4-6-17-11(9)13/h4,6,8,10H,2-3,5,7,14H2,1H3. The largest absolute Gasteiger partial charge is 0.457 e. The van der Waals surface area contributed by atoms with Gasteiger partial charge in [0.05, 0.1) is 11.8 Å². The van der Waals surface area contributed by atoms with Crippen molar-refractivity contribution in [3.05, 3.63) is 22.6 Å². The summed E-state index contributed by atoms with van der Waals surface area (Å²) in [6.45, 7) is 3.45. The number of carbonyl (C=O) groups excluding carboxylic acids is 1. The third-order valence-corrected chi connectivity index (χ3v) is 4.08. The maximum absolute atomic E-state index is 12.4. The molecule has 1 aliphatic heterocycles. The van der Waals surface area contributed by atoms with Crippen molar-refractivity contribution in [1.82, 2.24) is 4.90 Å². The minimum Gasteiger partial charge on any atom is -0.457 e. The molecule has 1 aromatic heterocycles. The molecule has 4 nitrogen and oxygen atoms in total. The van der Waals surface area contributed by atoms with E-state index in [0.717, 1.165) is 19.4 Å². The average molecular weight is 301 g/mol. The number of carbonyl (C=O) groups is 1. The van der Waals surface area contributed by atoms with Gasteiger partial charge in [-0.3, -0.25) is 4.79 Å². The topological polar surface area (TPSA) is 59.5 Å². The van der Waals surface area contributed by atoms with Crippen LogP contribution in [-0.4, -0.2) is 29.9 Å². The molecule has 1 aromatic rings. The highest BCUT2D eigenvalue weighted by Gasteiger charge is 2.32. The van der Waals surface area contributed by atoms with Crippen molar-refractivity contribution in [2.24, 2.45) is 11.7 Å². The van der Waals surface area contributed by atoms with Crippen LogP contribution in [0.1, 0.15) is 30.1 Å². The van der Waals surface area contributed by atoms with Gasteiger partial charge in [0.1, 0.15) is 0 Å². The Bertz CT molecular complexity index is 405. The van der Waals surface area contributed by atoms with E-state index in [4.69, 9.17) is 10.2 Å². The predicted octanol–water partition coefficient (Wildman–Crippen LogP) is 2.24. The van der Waals surface area contributed by atoms with E-state index in [2.05, 4.69) is 22.9 Å². The number of nitrogens with zero attached hydrogens (tertiary/aromatic N) is 1. The highest BCUT2D eigenvalue weighted by atomic mass is 79.9. The Kier molecular flexibility index (Phi) is 3.89. The van der Waals surface area contributed by atoms with Gasteiger partial charge in [-0.15, -0.1) is 0 Å². The first kappa shape index (κ1) is 12.6. The second-order valence-corrected chi connectivity index (χ2v) is 5.25. The minimum atomic E-state index is 0.00706. The van der Waals surface area contributed by atoms with Crippen molar-refractivity contribution in [1.29, 1.82) is 0 Å². The highest BCUT2D eigenvalue weighted by Crippen LogP contribution is 2.27. The van der Waals surface area contributed by atoms with E-state index in [0.29, 0.717) is 22.7 Å². The van der Waals surface area contributed by atoms with E-state index < -0.39 is 0 Å². The number of rotatable bonds is 2. The van der Waals surface area contributed by atoms with E-state index in [-0.39, 0.29) is 11.9 Å². The lowest BCUT2D eigenvalue weighted by Gasteiger charge is -2.39. The highest BCUT2D eigenvalue weighted by molar-refractivity contribution is 9.10. The van der Waals surface area contributed by atoms with Crippen molar-refractivity contribution in [2.45, 2.75) is 25.8 Å². The summed E-state index contributed by atoms with van der Waals surface area (Å²) >= 11 is 3.25. The summed E-state index contributed by atoms with van der Waals surface area (Å²) in [5.41, 5.74) is 6.37. The Morgan fingerprint density at radius 1 is 1.71 bits per heavy atom. The van der Waals surface area contributed by atoms with Crippen LogP contribution in [0.2, 0.25) is 0 Å². The van der Waals surface area contributed by atoms with E-state index in [1.165, 1.54) is 6.26 Å². The van der Waals surface area contributed by atoms with Gasteiger partial charge in [-0.1, -0.05) is 6.92 Å². The molecule has 2 heterocycles. The summed E-state index contributed by atoms with van der Waals surface area (Å²) in [5.74, 6) is 0.469. The monoisotopic (exact) mass is 300 g/mol. The van der Waals surface area contributed by atoms with Crippen LogP contribution in [0.15, 0.2) is 21.4 Å². The van der Waals surface area contributed by atoms with Crippen molar-refractivity contribution < 1.29 is 9.21 Å². The fourth-order valence-electron chi connectivity index (χ4n) is 2.46. The van der Waals surface area contributed by atoms with Crippen LogP contribution in [-0.2, 0) is 0 Å². The van der Waals surface area contributed by atoms with E-state index in [1.54, 1.807) is 6.07 Å². The molecule has 0 bridgehead atoms. The minimum absolute atomic E-state index is 0.00706. The molecule has 2 N–H and O–H groups in total. The quantitative estimate of drug-likeness (QED) is 0.911. The number of halogens is 1. The van der Waals surface area contributed by atoms with Gasteiger partial charge < -0.3 is 15.1 Å². The summed E-state index contributed by atoms with van der Waals surface area (Å²) in [7, 11) is 0. The lowest BCUT2D eigenvalue weighted by atomic mass is 9.90. The molecule has 2 unspecified atom stereocenters. The van der Waals surface area contributed by atoms with Crippen LogP contribution in [0.4, 0.5) is 0 Å². The van der Waals surface area contributed by atoms with Gasteiger partial charge in [0.2, 0.25) is 0 Å². The first-order chi connectivity index (χ1) is 8.15. The third kappa shape index (κ3) is 2.40. The Labute approximate surface area is 109 Å². The predicted molar refractivity (Wildman–Crippen MR) is 68.7 cm³/mol. The summed E-state index contributed by atoms with van der Waals surface area (Å²) in [6.07, 6.45) is 3.69. The van der Waals surface area contributed by atoms with Gasteiger partial charge in [0.15, 0.2) is 4.67 Å². The molecule has 0 saturated carbocycles. The molecule has 0 spiro atoms. The number of hydrogen-bond donors (Lipinski definition) is 1. The van der Waals surface area contributed by atoms with Gasteiger partial charge in [-0.25, -0.2) is 0 Å². The van der Waals surface area contributed by atoms with Gasteiger partial charge in [-0.2, -0.15) is 0 Å². The van der Waals surface area contributed by atoms with Gasteiger partial charge in [-0.05, 0) is 40.8 Å². The third-order valence-electron chi connectivity index (χ3n) is 3.47. The SMILES string of the molecule is CC1CCCN(C(=O)c2ccoc2Br)C1CN. The molecule has 1 aliphatic rings. The van der Waals surface area contributed by atoms with E-state index >= 15 is 0 Å². The zero-order valence-electron chi connectivity index (χ0n) is 9.86. The molecule has 5 heteroatoms. The van der Waals surface area contributed by atoms with Crippen molar-refractivity contribution in [3.8, 4) is 0 Å². The van der Waals surface area contributed by atoms with Crippen LogP contribution in [0, 0.1) is 5.92 Å². The van der Waals surface area contributed by atoms with Crippen LogP contribution < -0.4 is 5.73 Å². The van der Waals surface area contributed by atoms with Gasteiger partial charge >= 0.3 is 0 Å². The Hall–Kier alpha value is -0.810. The number of piperidine rings is 1. The Morgan fingerprint density at radius 2 is 2.47 bits per heavy atom. The van der Waals surface area contributed by atoms with E-state index in [9.17, 15) is 4.79 Å². The second kappa shape index (κ2) is 5.23. The average Bonchev–Trinajstić information content (AvgIpc) is 2.74. The molecule has 1 amide bonds. The maximum Gasteiger partial charge on any atom is 0.258 e. The smallest absolute Gasteiger partial charge is 0.258 e. The van der Waals surface area contributed by atoms with Crippen LogP contribution in [0.25, 0.3) is 0 Å².